The van der Waals surface area contributed by atoms with Crippen molar-refractivity contribution in [3.63, 3.8) is 0 Å². The number of ether oxygens (including phenoxy) is 1. The van der Waals surface area contributed by atoms with Gasteiger partial charge in [0, 0.05) is 17.2 Å². The van der Waals surface area contributed by atoms with Crippen LogP contribution in [0.3, 0.4) is 0 Å². The Morgan fingerprint density at radius 1 is 0.489 bits per heavy atom. The standard InChI is InChI=1S/C36H26F8O/c1-2-3-4-5-20-6-8-21(9-7-20)22-10-12-25(28(37)14-22)23-11-13-26(29(38)15-23)24-16-30(39)27(31(40)17-24)19-45-33-18-32(41)34(42)36(44)35(33)43/h6-18H,2-5,19H2,1H3. The second-order valence-electron chi connectivity index (χ2n) is 10.5. The average Bonchev–Trinajstić information content (AvgIpc) is 3.02. The minimum Gasteiger partial charge on any atom is -0.485 e. The zero-order chi connectivity index (χ0) is 32.2. The van der Waals surface area contributed by atoms with E-state index in [2.05, 4.69) is 6.92 Å². The third kappa shape index (κ3) is 6.87. The summed E-state index contributed by atoms with van der Waals surface area (Å²) in [7, 11) is 0. The van der Waals surface area contributed by atoms with Gasteiger partial charge < -0.3 is 4.74 Å². The number of hydrogen-bond donors (Lipinski definition) is 0. The SMILES string of the molecule is CCCCCc1ccc(-c2ccc(-c3ccc(-c4cc(F)c(COc5cc(F)c(F)c(F)c5F)c(F)c4)c(F)c3)c(F)c2)cc1. The fourth-order valence-electron chi connectivity index (χ4n) is 4.99. The molecule has 0 atom stereocenters. The average molecular weight is 627 g/mol. The molecule has 0 saturated carbocycles. The molecule has 232 valence electrons. The van der Waals surface area contributed by atoms with Crippen molar-refractivity contribution in [2.45, 2.75) is 39.2 Å². The molecule has 0 amide bonds. The minimum absolute atomic E-state index is 0.131. The Morgan fingerprint density at radius 3 is 1.67 bits per heavy atom. The van der Waals surface area contributed by atoms with E-state index in [1.54, 1.807) is 6.07 Å². The number of aryl methyl sites for hydroxylation is 1. The number of halogens is 8. The maximum atomic E-state index is 15.2. The van der Waals surface area contributed by atoms with E-state index in [0.717, 1.165) is 49.4 Å². The van der Waals surface area contributed by atoms with Gasteiger partial charge in [-0.05, 0) is 64.9 Å². The molecule has 0 saturated heterocycles. The highest BCUT2D eigenvalue weighted by molar-refractivity contribution is 5.74. The molecule has 0 radical (unpaired) electrons. The van der Waals surface area contributed by atoms with E-state index in [0.29, 0.717) is 5.56 Å². The Labute approximate surface area is 254 Å². The van der Waals surface area contributed by atoms with Crippen molar-refractivity contribution >= 4 is 0 Å². The summed E-state index contributed by atoms with van der Waals surface area (Å²) in [4.78, 5) is 0. The molecule has 0 aliphatic carbocycles. The van der Waals surface area contributed by atoms with Crippen molar-refractivity contribution in [1.29, 1.82) is 0 Å². The number of hydrogen-bond acceptors (Lipinski definition) is 1. The van der Waals surface area contributed by atoms with Gasteiger partial charge in [-0.25, -0.2) is 30.7 Å². The lowest BCUT2D eigenvalue weighted by molar-refractivity contribution is 0.266. The third-order valence-electron chi connectivity index (χ3n) is 7.50. The summed E-state index contributed by atoms with van der Waals surface area (Å²) in [5.41, 5.74) is 1.90. The predicted octanol–water partition coefficient (Wildman–Crippen LogP) is 11.1. The van der Waals surface area contributed by atoms with Crippen molar-refractivity contribution in [1.82, 2.24) is 0 Å². The molecule has 0 spiro atoms. The summed E-state index contributed by atoms with van der Waals surface area (Å²) in [6, 6.07) is 18.0. The molecule has 0 fully saturated rings. The molecule has 5 aromatic carbocycles. The Balaban J connectivity index is 1.33. The summed E-state index contributed by atoms with van der Waals surface area (Å²) in [5.74, 6) is -12.8. The smallest absolute Gasteiger partial charge is 0.203 e. The lowest BCUT2D eigenvalue weighted by Gasteiger charge is -2.13. The first-order valence-corrected chi connectivity index (χ1v) is 14.2. The Kier molecular flexibility index (Phi) is 9.56. The van der Waals surface area contributed by atoms with Gasteiger partial charge in [0.15, 0.2) is 17.4 Å². The van der Waals surface area contributed by atoms with Crippen LogP contribution in [0.2, 0.25) is 0 Å². The van der Waals surface area contributed by atoms with E-state index in [-0.39, 0.29) is 28.3 Å². The topological polar surface area (TPSA) is 9.23 Å². The molecule has 0 aliphatic heterocycles. The van der Waals surface area contributed by atoms with Gasteiger partial charge in [0.05, 0.1) is 5.56 Å². The largest absolute Gasteiger partial charge is 0.485 e. The van der Waals surface area contributed by atoms with E-state index in [9.17, 15) is 26.3 Å². The van der Waals surface area contributed by atoms with Crippen molar-refractivity contribution in [2.75, 3.05) is 0 Å². The fourth-order valence-corrected chi connectivity index (χ4v) is 4.99. The highest BCUT2D eigenvalue weighted by Crippen LogP contribution is 2.34. The molecule has 5 aromatic rings. The normalized spacial score (nSPS) is 11.2. The van der Waals surface area contributed by atoms with Crippen LogP contribution in [0.4, 0.5) is 35.1 Å². The molecule has 0 N–H and O–H groups in total. The van der Waals surface area contributed by atoms with Gasteiger partial charge in [-0.3, -0.25) is 0 Å². The monoisotopic (exact) mass is 626 g/mol. The molecule has 9 heteroatoms. The van der Waals surface area contributed by atoms with E-state index in [1.807, 2.05) is 24.3 Å². The molecule has 0 bridgehead atoms. The van der Waals surface area contributed by atoms with E-state index < -0.39 is 64.5 Å². The van der Waals surface area contributed by atoms with Gasteiger partial charge >= 0.3 is 0 Å². The summed E-state index contributed by atoms with van der Waals surface area (Å²) < 4.78 is 119. The highest BCUT2D eigenvalue weighted by atomic mass is 19.2. The van der Waals surface area contributed by atoms with Gasteiger partial charge in [-0.1, -0.05) is 68.3 Å². The second kappa shape index (κ2) is 13.5. The first kappa shape index (κ1) is 31.8. The van der Waals surface area contributed by atoms with Crippen LogP contribution in [0.1, 0.15) is 37.3 Å². The van der Waals surface area contributed by atoms with Crippen LogP contribution in [0.5, 0.6) is 5.75 Å². The van der Waals surface area contributed by atoms with Crippen LogP contribution >= 0.6 is 0 Å². The lowest BCUT2D eigenvalue weighted by Crippen LogP contribution is -2.06. The third-order valence-corrected chi connectivity index (χ3v) is 7.50. The van der Waals surface area contributed by atoms with Crippen LogP contribution in [-0.4, -0.2) is 0 Å². The number of unbranched alkanes of at least 4 members (excludes halogenated alkanes) is 2. The fraction of sp³-hybridized carbons (Fsp3) is 0.167. The maximum absolute atomic E-state index is 15.2. The molecule has 0 heterocycles. The summed E-state index contributed by atoms with van der Waals surface area (Å²) in [6.07, 6.45) is 4.37. The first-order chi connectivity index (χ1) is 21.6. The molecular formula is C36H26F8O. The van der Waals surface area contributed by atoms with Crippen LogP contribution in [0, 0.1) is 46.5 Å². The summed E-state index contributed by atoms with van der Waals surface area (Å²) >= 11 is 0. The van der Waals surface area contributed by atoms with E-state index in [4.69, 9.17) is 4.74 Å². The summed E-state index contributed by atoms with van der Waals surface area (Å²) in [6.45, 7) is 1.14. The maximum Gasteiger partial charge on any atom is 0.203 e. The van der Waals surface area contributed by atoms with Gasteiger partial charge in [0.25, 0.3) is 0 Å². The second-order valence-corrected chi connectivity index (χ2v) is 10.5. The Hall–Kier alpha value is -4.66. The number of rotatable bonds is 10. The predicted molar refractivity (Wildman–Crippen MR) is 156 cm³/mol. The molecule has 0 aromatic heterocycles. The van der Waals surface area contributed by atoms with Gasteiger partial charge in [-0.15, -0.1) is 0 Å². The molecule has 1 nitrogen and oxygen atoms in total. The van der Waals surface area contributed by atoms with Crippen LogP contribution in [0.25, 0.3) is 33.4 Å². The van der Waals surface area contributed by atoms with Crippen molar-refractivity contribution in [3.8, 4) is 39.1 Å². The van der Waals surface area contributed by atoms with Crippen LogP contribution in [0.15, 0.2) is 78.9 Å². The van der Waals surface area contributed by atoms with Crippen molar-refractivity contribution in [3.05, 3.63) is 137 Å². The molecule has 45 heavy (non-hydrogen) atoms. The zero-order valence-corrected chi connectivity index (χ0v) is 24.0. The van der Waals surface area contributed by atoms with Gasteiger partial charge in [0.2, 0.25) is 11.6 Å². The molecule has 0 aliphatic rings. The van der Waals surface area contributed by atoms with Crippen molar-refractivity contribution < 1.29 is 39.9 Å². The first-order valence-electron chi connectivity index (χ1n) is 14.2. The highest BCUT2D eigenvalue weighted by Gasteiger charge is 2.22. The van der Waals surface area contributed by atoms with E-state index >= 15 is 8.78 Å². The van der Waals surface area contributed by atoms with Gasteiger partial charge in [-0.2, -0.15) is 4.39 Å². The van der Waals surface area contributed by atoms with Crippen molar-refractivity contribution in [2.24, 2.45) is 0 Å². The lowest BCUT2D eigenvalue weighted by atomic mass is 9.96. The Morgan fingerprint density at radius 2 is 1.04 bits per heavy atom. The zero-order valence-electron chi connectivity index (χ0n) is 24.0. The van der Waals surface area contributed by atoms with Gasteiger partial charge in [0.1, 0.15) is 29.9 Å². The van der Waals surface area contributed by atoms with Crippen LogP contribution in [-0.2, 0) is 13.0 Å². The van der Waals surface area contributed by atoms with Crippen LogP contribution < -0.4 is 4.74 Å². The minimum atomic E-state index is -2.14. The van der Waals surface area contributed by atoms with E-state index in [1.165, 1.54) is 29.8 Å². The quantitative estimate of drug-likeness (QED) is 0.0649. The Bertz CT molecular complexity index is 1830. The molecular weight excluding hydrogens is 600 g/mol. The molecule has 0 unspecified atom stereocenters. The summed E-state index contributed by atoms with van der Waals surface area (Å²) in [5, 5.41) is 0. The number of benzene rings is 5. The molecule has 5 rings (SSSR count).